The van der Waals surface area contributed by atoms with Crippen LogP contribution in [0.15, 0.2) is 66.7 Å². The predicted octanol–water partition coefficient (Wildman–Crippen LogP) is 5.21. The molecule has 2 aliphatic heterocycles. The number of piperidine rings is 1. The minimum Gasteiger partial charge on any atom is -0.322 e. The third-order valence-electron chi connectivity index (χ3n) is 7.26. The number of non-ortho nitro benzene ring substituents is 1. The van der Waals surface area contributed by atoms with E-state index in [9.17, 15) is 19.3 Å². The van der Waals surface area contributed by atoms with Gasteiger partial charge in [-0.1, -0.05) is 17.7 Å². The van der Waals surface area contributed by atoms with Gasteiger partial charge in [-0.3, -0.25) is 14.9 Å². The number of carbonyl (C=O) groups is 1. The summed E-state index contributed by atoms with van der Waals surface area (Å²) in [5.41, 5.74) is 4.94. The second kappa shape index (κ2) is 8.33. The largest absolute Gasteiger partial charge is 0.322 e. The zero-order valence-corrected chi connectivity index (χ0v) is 19.3. The average Bonchev–Trinajstić information content (AvgIpc) is 3.11. The van der Waals surface area contributed by atoms with Crippen molar-refractivity contribution >= 4 is 17.3 Å². The summed E-state index contributed by atoms with van der Waals surface area (Å²) in [6.07, 6.45) is 0.842. The molecular formula is C27H27FN3O3+. The van der Waals surface area contributed by atoms with Crippen molar-refractivity contribution in [3.63, 3.8) is 0 Å². The maximum atomic E-state index is 13.5. The number of nitro groups is 1. The van der Waals surface area contributed by atoms with Crippen molar-refractivity contribution in [2.45, 2.75) is 31.8 Å². The van der Waals surface area contributed by atoms with Crippen LogP contribution in [0, 0.1) is 22.9 Å². The molecule has 0 radical (unpaired) electrons. The fourth-order valence-corrected chi connectivity index (χ4v) is 5.62. The van der Waals surface area contributed by atoms with E-state index in [1.165, 1.54) is 17.7 Å². The number of amides is 1. The molecule has 3 aromatic rings. The summed E-state index contributed by atoms with van der Waals surface area (Å²) >= 11 is 0. The van der Waals surface area contributed by atoms with E-state index in [0.717, 1.165) is 47.4 Å². The van der Waals surface area contributed by atoms with E-state index in [2.05, 4.69) is 20.0 Å². The third kappa shape index (κ3) is 3.96. The summed E-state index contributed by atoms with van der Waals surface area (Å²) in [5, 5.41) is 11.0. The Morgan fingerprint density at radius 3 is 2.50 bits per heavy atom. The number of benzene rings is 3. The number of fused-ring (bicyclic) bond motifs is 3. The molecule has 0 aliphatic carbocycles. The van der Waals surface area contributed by atoms with Crippen LogP contribution in [-0.4, -0.2) is 41.5 Å². The maximum absolute atomic E-state index is 13.5. The molecular weight excluding hydrogens is 433 g/mol. The van der Waals surface area contributed by atoms with E-state index in [1.54, 1.807) is 24.3 Å². The number of hydrogen-bond donors (Lipinski definition) is 0. The summed E-state index contributed by atoms with van der Waals surface area (Å²) in [6.45, 7) is 4.59. The summed E-state index contributed by atoms with van der Waals surface area (Å²) in [4.78, 5) is 26.1. The Balaban J connectivity index is 1.44. The van der Waals surface area contributed by atoms with Crippen LogP contribution in [0.25, 0.3) is 0 Å². The lowest BCUT2D eigenvalue weighted by Gasteiger charge is -2.44. The van der Waals surface area contributed by atoms with Gasteiger partial charge in [0.05, 0.1) is 37.0 Å². The molecule has 0 bridgehead atoms. The third-order valence-corrected chi connectivity index (χ3v) is 7.26. The fraction of sp³-hybridized carbons (Fsp3) is 0.296. The van der Waals surface area contributed by atoms with Crippen LogP contribution in [0.5, 0.6) is 0 Å². The van der Waals surface area contributed by atoms with Crippen LogP contribution in [-0.2, 0) is 6.54 Å². The Morgan fingerprint density at radius 1 is 1.12 bits per heavy atom. The van der Waals surface area contributed by atoms with Gasteiger partial charge in [-0.2, -0.15) is 0 Å². The number of likely N-dealkylation sites (N-methyl/N-ethyl adjacent to an activating group) is 1. The molecule has 5 rings (SSSR count). The number of carbonyl (C=O) groups excluding carboxylic acids is 1. The minimum absolute atomic E-state index is 0.0532. The van der Waals surface area contributed by atoms with Crippen molar-refractivity contribution < 1.29 is 18.6 Å². The van der Waals surface area contributed by atoms with Gasteiger partial charge in [0.25, 0.3) is 11.6 Å². The van der Waals surface area contributed by atoms with Crippen LogP contribution in [0.4, 0.5) is 15.8 Å². The number of likely N-dealkylation sites (tertiary alicyclic amines) is 1. The fourth-order valence-electron chi connectivity index (χ4n) is 5.62. The highest BCUT2D eigenvalue weighted by atomic mass is 19.1. The molecule has 1 amide bonds. The Morgan fingerprint density at radius 2 is 1.82 bits per heavy atom. The molecule has 0 spiro atoms. The second-order valence-corrected chi connectivity index (χ2v) is 9.81. The van der Waals surface area contributed by atoms with Gasteiger partial charge in [0.15, 0.2) is 0 Å². The Hall–Kier alpha value is -3.58. The SMILES string of the molecule is Cc1ccc2c(c1)[C@@H]1C[N@+](C)(Cc3ccc([N+](=O)[O-])cc3)CC[C@@H]1N2C(=O)c1ccc(F)cc1. The molecule has 1 fully saturated rings. The minimum atomic E-state index is -0.379. The van der Waals surface area contributed by atoms with Crippen LogP contribution in [0.2, 0.25) is 0 Å². The molecule has 6 nitrogen and oxygen atoms in total. The first-order chi connectivity index (χ1) is 16.2. The zero-order chi connectivity index (χ0) is 24.0. The van der Waals surface area contributed by atoms with Gasteiger partial charge in [0.2, 0.25) is 0 Å². The molecule has 3 aromatic carbocycles. The van der Waals surface area contributed by atoms with Gasteiger partial charge in [0, 0.05) is 35.4 Å². The summed E-state index contributed by atoms with van der Waals surface area (Å²) in [5.74, 6) is -0.260. The number of aryl methyl sites for hydroxylation is 1. The Labute approximate surface area is 198 Å². The molecule has 2 aliphatic rings. The number of quaternary nitrogens is 1. The number of nitrogens with zero attached hydrogens (tertiary/aromatic N) is 3. The number of nitro benzene ring substituents is 1. The lowest BCUT2D eigenvalue weighted by atomic mass is 9.87. The number of hydrogen-bond acceptors (Lipinski definition) is 3. The molecule has 174 valence electrons. The van der Waals surface area contributed by atoms with E-state index < -0.39 is 0 Å². The van der Waals surface area contributed by atoms with Crippen molar-refractivity contribution in [1.29, 1.82) is 0 Å². The maximum Gasteiger partial charge on any atom is 0.269 e. The summed E-state index contributed by atoms with van der Waals surface area (Å²) in [6, 6.07) is 18.9. The molecule has 2 heterocycles. The standard InChI is InChI=1S/C27H27FN3O3/c1-18-3-12-25-23(15-18)24-17-31(2,16-19-4-10-22(11-5-19)30(33)34)14-13-26(24)29(25)27(32)20-6-8-21(28)9-7-20/h3-12,15,24,26H,13-14,16-17H2,1-2H3/q+1/t24-,26-,31-/m0/s1. The molecule has 3 atom stereocenters. The van der Waals surface area contributed by atoms with Crippen LogP contribution in [0.1, 0.15) is 39.4 Å². The van der Waals surface area contributed by atoms with Gasteiger partial charge >= 0.3 is 0 Å². The second-order valence-electron chi connectivity index (χ2n) is 9.81. The van der Waals surface area contributed by atoms with Crippen LogP contribution >= 0.6 is 0 Å². The first-order valence-corrected chi connectivity index (χ1v) is 11.5. The molecule has 0 unspecified atom stereocenters. The van der Waals surface area contributed by atoms with Crippen LogP contribution < -0.4 is 4.90 Å². The van der Waals surface area contributed by atoms with Crippen molar-refractivity contribution in [3.05, 3.63) is 105 Å². The van der Waals surface area contributed by atoms with Crippen molar-refractivity contribution in [1.82, 2.24) is 0 Å². The quantitative estimate of drug-likeness (QED) is 0.305. The highest BCUT2D eigenvalue weighted by Crippen LogP contribution is 2.47. The summed E-state index contributed by atoms with van der Waals surface area (Å²) < 4.78 is 14.2. The smallest absolute Gasteiger partial charge is 0.269 e. The molecule has 1 saturated heterocycles. The normalized spacial score (nSPS) is 23.3. The lowest BCUT2D eigenvalue weighted by Crippen LogP contribution is -2.56. The zero-order valence-electron chi connectivity index (χ0n) is 19.3. The van der Waals surface area contributed by atoms with E-state index in [-0.39, 0.29) is 34.3 Å². The van der Waals surface area contributed by atoms with Crippen LogP contribution in [0.3, 0.4) is 0 Å². The number of halogens is 1. The molecule has 7 heteroatoms. The molecule has 0 N–H and O–H groups in total. The van der Waals surface area contributed by atoms with Gasteiger partial charge in [-0.05, 0) is 55.0 Å². The lowest BCUT2D eigenvalue weighted by molar-refractivity contribution is -0.928. The van der Waals surface area contributed by atoms with Crippen molar-refractivity contribution in [2.75, 3.05) is 25.0 Å². The van der Waals surface area contributed by atoms with E-state index in [4.69, 9.17) is 0 Å². The van der Waals surface area contributed by atoms with Crippen molar-refractivity contribution in [2.24, 2.45) is 0 Å². The molecule has 0 saturated carbocycles. The molecule has 34 heavy (non-hydrogen) atoms. The van der Waals surface area contributed by atoms with E-state index >= 15 is 0 Å². The highest BCUT2D eigenvalue weighted by molar-refractivity contribution is 6.08. The average molecular weight is 461 g/mol. The van der Waals surface area contributed by atoms with E-state index in [0.29, 0.717) is 5.56 Å². The highest BCUT2D eigenvalue weighted by Gasteiger charge is 2.49. The topological polar surface area (TPSA) is 63.5 Å². The molecule has 0 aromatic heterocycles. The van der Waals surface area contributed by atoms with Gasteiger partial charge < -0.3 is 9.38 Å². The van der Waals surface area contributed by atoms with Crippen molar-refractivity contribution in [3.8, 4) is 0 Å². The van der Waals surface area contributed by atoms with E-state index in [1.807, 2.05) is 29.2 Å². The number of anilines is 1. The monoisotopic (exact) mass is 460 g/mol. The van der Waals surface area contributed by atoms with Gasteiger partial charge in [-0.15, -0.1) is 0 Å². The number of rotatable bonds is 4. The first kappa shape index (κ1) is 22.2. The Kier molecular flexibility index (Phi) is 5.44. The summed E-state index contributed by atoms with van der Waals surface area (Å²) in [7, 11) is 2.22. The van der Waals surface area contributed by atoms with Gasteiger partial charge in [-0.25, -0.2) is 4.39 Å². The first-order valence-electron chi connectivity index (χ1n) is 11.5. The Bertz CT molecular complexity index is 1260. The predicted molar refractivity (Wildman–Crippen MR) is 128 cm³/mol. The van der Waals surface area contributed by atoms with Gasteiger partial charge in [0.1, 0.15) is 12.4 Å².